The van der Waals surface area contributed by atoms with Gasteiger partial charge < -0.3 is 5.32 Å². The van der Waals surface area contributed by atoms with Crippen LogP contribution in [0.2, 0.25) is 0 Å². The summed E-state index contributed by atoms with van der Waals surface area (Å²) in [4.78, 5) is 23.1. The zero-order valence-corrected chi connectivity index (χ0v) is 16.3. The number of rotatable bonds is 5. The Labute approximate surface area is 161 Å². The minimum absolute atomic E-state index is 0.0973. The van der Waals surface area contributed by atoms with Crippen molar-refractivity contribution in [3.05, 3.63) is 51.4 Å². The molecule has 0 saturated carbocycles. The summed E-state index contributed by atoms with van der Waals surface area (Å²) in [5.74, 6) is -0.836. The van der Waals surface area contributed by atoms with E-state index in [0.717, 1.165) is 11.3 Å². The average molecular weight is 409 g/mol. The number of amides is 1. The van der Waals surface area contributed by atoms with Crippen molar-refractivity contribution < 1.29 is 18.1 Å². The van der Waals surface area contributed by atoms with Gasteiger partial charge in [0, 0.05) is 25.2 Å². The van der Waals surface area contributed by atoms with Gasteiger partial charge in [-0.1, -0.05) is 12.1 Å². The summed E-state index contributed by atoms with van der Waals surface area (Å²) in [7, 11) is -3.60. The molecule has 3 rings (SSSR count). The van der Waals surface area contributed by atoms with Crippen molar-refractivity contribution in [2.75, 3.05) is 18.4 Å². The van der Waals surface area contributed by atoms with Crippen LogP contribution in [0, 0.1) is 23.0 Å². The van der Waals surface area contributed by atoms with E-state index in [-0.39, 0.29) is 22.3 Å². The highest BCUT2D eigenvalue weighted by atomic mass is 32.2. The number of aryl methyl sites for hydroxylation is 1. The van der Waals surface area contributed by atoms with E-state index >= 15 is 0 Å². The predicted molar refractivity (Wildman–Crippen MR) is 102 cm³/mol. The van der Waals surface area contributed by atoms with E-state index in [1.807, 2.05) is 0 Å². The number of carbonyl (C=O) groups is 1. The molecule has 1 N–H and O–H groups in total. The Morgan fingerprint density at radius 2 is 2.15 bits per heavy atom. The molecule has 0 radical (unpaired) electrons. The van der Waals surface area contributed by atoms with Gasteiger partial charge in [0.2, 0.25) is 5.91 Å². The van der Waals surface area contributed by atoms with Crippen molar-refractivity contribution in [3.8, 4) is 0 Å². The minimum Gasteiger partial charge on any atom is -0.325 e. The lowest BCUT2D eigenvalue weighted by atomic mass is 9.98. The van der Waals surface area contributed by atoms with Crippen LogP contribution < -0.4 is 5.32 Å². The largest absolute Gasteiger partial charge is 0.325 e. The van der Waals surface area contributed by atoms with Gasteiger partial charge in [-0.2, -0.15) is 4.31 Å². The van der Waals surface area contributed by atoms with Crippen molar-refractivity contribution in [1.82, 2.24) is 4.31 Å². The molecule has 0 spiro atoms. The highest BCUT2D eigenvalue weighted by Crippen LogP contribution is 2.28. The molecule has 1 aromatic heterocycles. The Bertz CT molecular complexity index is 957. The summed E-state index contributed by atoms with van der Waals surface area (Å²) < 4.78 is 27.0. The monoisotopic (exact) mass is 409 g/mol. The first-order valence-electron chi connectivity index (χ1n) is 8.38. The predicted octanol–water partition coefficient (Wildman–Crippen LogP) is 3.00. The molecule has 1 fully saturated rings. The van der Waals surface area contributed by atoms with Gasteiger partial charge >= 0.3 is 0 Å². The number of non-ortho nitro benzene ring substituents is 1. The molecule has 1 aliphatic rings. The SMILES string of the molecule is Cc1ccc([N+](=O)[O-])cc1NC(=O)[C@@H]1CCCN(S(=O)(=O)c2cccs2)C1. The maximum atomic E-state index is 12.7. The Kier molecular flexibility index (Phi) is 5.59. The van der Waals surface area contributed by atoms with Crippen LogP contribution in [0.1, 0.15) is 18.4 Å². The van der Waals surface area contributed by atoms with E-state index in [0.29, 0.717) is 30.6 Å². The van der Waals surface area contributed by atoms with Crippen LogP contribution in [0.5, 0.6) is 0 Å². The molecular formula is C17H19N3O5S2. The fourth-order valence-corrected chi connectivity index (χ4v) is 5.67. The number of anilines is 1. The Hall–Kier alpha value is -2.30. The van der Waals surface area contributed by atoms with Gasteiger partial charge in [-0.3, -0.25) is 14.9 Å². The number of sulfonamides is 1. The molecular weight excluding hydrogens is 390 g/mol. The second kappa shape index (κ2) is 7.75. The first-order chi connectivity index (χ1) is 12.8. The van der Waals surface area contributed by atoms with Gasteiger partial charge in [0.15, 0.2) is 0 Å². The van der Waals surface area contributed by atoms with Crippen LogP contribution >= 0.6 is 11.3 Å². The summed E-state index contributed by atoms with van der Waals surface area (Å²) in [5, 5.41) is 15.4. The van der Waals surface area contributed by atoms with E-state index < -0.39 is 20.9 Å². The van der Waals surface area contributed by atoms with Gasteiger partial charge in [0.05, 0.1) is 16.5 Å². The van der Waals surface area contributed by atoms with Crippen molar-refractivity contribution in [1.29, 1.82) is 0 Å². The van der Waals surface area contributed by atoms with Crippen LogP contribution in [-0.4, -0.2) is 36.6 Å². The molecule has 1 amide bonds. The third-order valence-corrected chi connectivity index (χ3v) is 7.77. The van der Waals surface area contributed by atoms with Crippen molar-refractivity contribution >= 4 is 38.6 Å². The molecule has 2 heterocycles. The number of nitro groups is 1. The number of hydrogen-bond acceptors (Lipinski definition) is 6. The summed E-state index contributed by atoms with van der Waals surface area (Å²) in [6, 6.07) is 7.49. The third-order valence-electron chi connectivity index (χ3n) is 4.53. The van der Waals surface area contributed by atoms with Gasteiger partial charge in [-0.15, -0.1) is 11.3 Å². The summed E-state index contributed by atoms with van der Waals surface area (Å²) in [5.41, 5.74) is 0.960. The Balaban J connectivity index is 1.74. The molecule has 1 saturated heterocycles. The standard InChI is InChI=1S/C17H19N3O5S2/c1-12-6-7-14(20(22)23)10-15(12)18-17(21)13-4-2-8-19(11-13)27(24,25)16-5-3-9-26-16/h3,5-7,9-10,13H,2,4,8,11H2,1H3,(H,18,21)/t13-/m1/s1. The second-order valence-electron chi connectivity index (χ2n) is 6.38. The number of nitrogens with zero attached hydrogens (tertiary/aromatic N) is 2. The molecule has 8 nitrogen and oxygen atoms in total. The second-order valence-corrected chi connectivity index (χ2v) is 9.49. The molecule has 0 bridgehead atoms. The maximum absolute atomic E-state index is 12.7. The first-order valence-corrected chi connectivity index (χ1v) is 10.7. The number of thiophene rings is 1. The van der Waals surface area contributed by atoms with E-state index in [2.05, 4.69) is 5.32 Å². The van der Waals surface area contributed by atoms with Crippen LogP contribution in [0.15, 0.2) is 39.9 Å². The average Bonchev–Trinajstić information content (AvgIpc) is 3.19. The van der Waals surface area contributed by atoms with Crippen molar-refractivity contribution in [2.24, 2.45) is 5.92 Å². The third kappa shape index (κ3) is 4.18. The highest BCUT2D eigenvalue weighted by molar-refractivity contribution is 7.91. The molecule has 27 heavy (non-hydrogen) atoms. The molecule has 1 aromatic carbocycles. The molecule has 1 aliphatic heterocycles. The van der Waals surface area contributed by atoms with E-state index in [1.54, 1.807) is 30.5 Å². The van der Waals surface area contributed by atoms with Crippen molar-refractivity contribution in [2.45, 2.75) is 24.0 Å². The lowest BCUT2D eigenvalue weighted by Crippen LogP contribution is -2.43. The number of hydrogen-bond donors (Lipinski definition) is 1. The Morgan fingerprint density at radius 1 is 1.37 bits per heavy atom. The van der Waals surface area contributed by atoms with Crippen LogP contribution in [0.4, 0.5) is 11.4 Å². The van der Waals surface area contributed by atoms with E-state index in [1.165, 1.54) is 16.4 Å². The molecule has 144 valence electrons. The number of nitro benzene ring substituents is 1. The maximum Gasteiger partial charge on any atom is 0.271 e. The van der Waals surface area contributed by atoms with E-state index in [9.17, 15) is 23.3 Å². The Morgan fingerprint density at radius 3 is 2.81 bits per heavy atom. The minimum atomic E-state index is -3.60. The quantitative estimate of drug-likeness (QED) is 0.603. The summed E-state index contributed by atoms with van der Waals surface area (Å²) >= 11 is 1.15. The van der Waals surface area contributed by atoms with Crippen LogP contribution in [-0.2, 0) is 14.8 Å². The molecule has 2 aromatic rings. The van der Waals surface area contributed by atoms with Gasteiger partial charge in [-0.25, -0.2) is 8.42 Å². The smallest absolute Gasteiger partial charge is 0.271 e. The number of nitrogens with one attached hydrogen (secondary N) is 1. The number of carbonyl (C=O) groups excluding carboxylic acids is 1. The zero-order valence-electron chi connectivity index (χ0n) is 14.6. The molecule has 1 atom stereocenters. The van der Waals surface area contributed by atoms with E-state index in [4.69, 9.17) is 0 Å². The summed E-state index contributed by atoms with van der Waals surface area (Å²) in [6.07, 6.45) is 1.15. The normalized spacial score (nSPS) is 18.2. The van der Waals surface area contributed by atoms with Crippen molar-refractivity contribution in [3.63, 3.8) is 0 Å². The number of piperidine rings is 1. The highest BCUT2D eigenvalue weighted by Gasteiger charge is 2.34. The number of benzene rings is 1. The summed E-state index contributed by atoms with van der Waals surface area (Å²) in [6.45, 7) is 2.22. The molecule has 0 aliphatic carbocycles. The van der Waals surface area contributed by atoms with Gasteiger partial charge in [-0.05, 0) is 36.8 Å². The fraction of sp³-hybridized carbons (Fsp3) is 0.353. The van der Waals surface area contributed by atoms with Gasteiger partial charge in [0.25, 0.3) is 15.7 Å². The van der Waals surface area contributed by atoms with Crippen LogP contribution in [0.25, 0.3) is 0 Å². The molecule has 0 unspecified atom stereocenters. The van der Waals surface area contributed by atoms with Crippen LogP contribution in [0.3, 0.4) is 0 Å². The zero-order chi connectivity index (χ0) is 19.6. The first kappa shape index (κ1) is 19.5. The fourth-order valence-electron chi connectivity index (χ4n) is 3.01. The van der Waals surface area contributed by atoms with Gasteiger partial charge in [0.1, 0.15) is 4.21 Å². The lowest BCUT2D eigenvalue weighted by Gasteiger charge is -2.30. The lowest BCUT2D eigenvalue weighted by molar-refractivity contribution is -0.384. The topological polar surface area (TPSA) is 110 Å². The molecule has 10 heteroatoms.